The molecule has 116 valence electrons. The lowest BCUT2D eigenvalue weighted by molar-refractivity contribution is 0.522. The molecule has 0 aliphatic rings. The van der Waals surface area contributed by atoms with Gasteiger partial charge < -0.3 is 4.57 Å². The van der Waals surface area contributed by atoms with Gasteiger partial charge in [0.05, 0.1) is 12.2 Å². The van der Waals surface area contributed by atoms with Crippen LogP contribution in [0.25, 0.3) is 0 Å². The summed E-state index contributed by atoms with van der Waals surface area (Å²) in [5.41, 5.74) is 0.858. The second-order valence-electron chi connectivity index (χ2n) is 5.19. The van der Waals surface area contributed by atoms with Crippen molar-refractivity contribution >= 4 is 19.7 Å². The molecule has 0 bridgehead atoms. The maximum absolute atomic E-state index is 11.4. The smallest absolute Gasteiger partial charge is 0.280 e. The Morgan fingerprint density at radius 2 is 2.10 bits per heavy atom. The Balaban J connectivity index is 2.31. The number of aryl methyl sites for hydroxylation is 1. The Hall–Kier alpha value is -1.34. The fraction of sp³-hybridized carbons (Fsp3) is 0.538. The molecule has 2 heterocycles. The van der Waals surface area contributed by atoms with Gasteiger partial charge in [0.2, 0.25) is 0 Å². The summed E-state index contributed by atoms with van der Waals surface area (Å²) in [5, 5.41) is 4.36. The Labute approximate surface area is 129 Å². The zero-order valence-electron chi connectivity index (χ0n) is 12.3. The van der Waals surface area contributed by atoms with Crippen molar-refractivity contribution in [1.82, 2.24) is 19.3 Å². The molecule has 6 nitrogen and oxygen atoms in total. The number of halogens is 1. The van der Waals surface area contributed by atoms with Gasteiger partial charge in [0, 0.05) is 35.5 Å². The van der Waals surface area contributed by atoms with Crippen LogP contribution >= 0.6 is 10.7 Å². The van der Waals surface area contributed by atoms with Crippen molar-refractivity contribution in [2.75, 3.05) is 0 Å². The standard InChI is InChI=1S/C13H19ClN4O2S/c1-4-5-12-15-13(21(14,19)20)9-17(12)8-11-6-7-18(16-11)10(2)3/h6-7,9-10H,4-5,8H2,1-3H3. The highest BCUT2D eigenvalue weighted by Crippen LogP contribution is 2.17. The first kappa shape index (κ1) is 16.0. The average molecular weight is 331 g/mol. The molecule has 0 radical (unpaired) electrons. The van der Waals surface area contributed by atoms with E-state index in [0.717, 1.165) is 12.1 Å². The number of imidazole rings is 1. The zero-order chi connectivity index (χ0) is 15.6. The van der Waals surface area contributed by atoms with Crippen LogP contribution in [-0.2, 0) is 22.0 Å². The molecule has 0 aliphatic carbocycles. The van der Waals surface area contributed by atoms with Crippen molar-refractivity contribution < 1.29 is 8.42 Å². The Bertz CT molecular complexity index is 718. The van der Waals surface area contributed by atoms with Gasteiger partial charge in [-0.1, -0.05) is 6.92 Å². The van der Waals surface area contributed by atoms with E-state index in [4.69, 9.17) is 10.7 Å². The summed E-state index contributed by atoms with van der Waals surface area (Å²) < 4.78 is 26.5. The Morgan fingerprint density at radius 3 is 2.62 bits per heavy atom. The average Bonchev–Trinajstić information content (AvgIpc) is 2.97. The maximum Gasteiger partial charge on any atom is 0.280 e. The van der Waals surface area contributed by atoms with Gasteiger partial charge in [-0.15, -0.1) is 0 Å². The van der Waals surface area contributed by atoms with E-state index in [1.165, 1.54) is 6.20 Å². The summed E-state index contributed by atoms with van der Waals surface area (Å²) in [6.45, 7) is 6.60. The molecular formula is C13H19ClN4O2S. The molecule has 0 fully saturated rings. The first-order valence-electron chi connectivity index (χ1n) is 6.86. The van der Waals surface area contributed by atoms with Crippen LogP contribution in [0.4, 0.5) is 0 Å². The SMILES string of the molecule is CCCc1nc(S(=O)(=O)Cl)cn1Cc1ccn(C(C)C)n1. The molecule has 0 atom stereocenters. The van der Waals surface area contributed by atoms with Crippen LogP contribution in [0, 0.1) is 0 Å². The molecule has 0 spiro atoms. The summed E-state index contributed by atoms with van der Waals surface area (Å²) >= 11 is 0. The second kappa shape index (κ2) is 6.19. The Kier molecular flexibility index (Phi) is 4.73. The normalized spacial score (nSPS) is 12.2. The number of hydrogen-bond donors (Lipinski definition) is 0. The zero-order valence-corrected chi connectivity index (χ0v) is 13.9. The molecule has 0 saturated carbocycles. The highest BCUT2D eigenvalue weighted by Gasteiger charge is 2.18. The van der Waals surface area contributed by atoms with Crippen molar-refractivity contribution in [1.29, 1.82) is 0 Å². The van der Waals surface area contributed by atoms with E-state index in [1.807, 2.05) is 23.9 Å². The van der Waals surface area contributed by atoms with Gasteiger partial charge in [-0.2, -0.15) is 5.10 Å². The van der Waals surface area contributed by atoms with Crippen LogP contribution in [0.1, 0.15) is 44.8 Å². The molecule has 0 saturated heterocycles. The molecule has 2 aromatic rings. The van der Waals surface area contributed by atoms with E-state index in [1.54, 1.807) is 4.57 Å². The van der Waals surface area contributed by atoms with E-state index in [-0.39, 0.29) is 11.1 Å². The lowest BCUT2D eigenvalue weighted by Crippen LogP contribution is -2.07. The maximum atomic E-state index is 11.4. The van der Waals surface area contributed by atoms with Crippen molar-refractivity contribution in [2.24, 2.45) is 0 Å². The van der Waals surface area contributed by atoms with Crippen LogP contribution in [0.15, 0.2) is 23.5 Å². The summed E-state index contributed by atoms with van der Waals surface area (Å²) in [6, 6.07) is 2.21. The van der Waals surface area contributed by atoms with Crippen LogP contribution in [0.2, 0.25) is 0 Å². The minimum atomic E-state index is -3.81. The van der Waals surface area contributed by atoms with Crippen molar-refractivity contribution in [3.8, 4) is 0 Å². The first-order chi connectivity index (χ1) is 9.81. The van der Waals surface area contributed by atoms with Gasteiger partial charge in [0.1, 0.15) is 5.82 Å². The fourth-order valence-electron chi connectivity index (χ4n) is 2.03. The van der Waals surface area contributed by atoms with E-state index >= 15 is 0 Å². The van der Waals surface area contributed by atoms with Crippen LogP contribution in [-0.4, -0.2) is 27.7 Å². The Morgan fingerprint density at radius 1 is 1.38 bits per heavy atom. The summed E-state index contributed by atoms with van der Waals surface area (Å²) in [7, 11) is 1.56. The molecule has 8 heteroatoms. The van der Waals surface area contributed by atoms with Gasteiger partial charge in [-0.3, -0.25) is 4.68 Å². The highest BCUT2D eigenvalue weighted by molar-refractivity contribution is 8.13. The van der Waals surface area contributed by atoms with E-state index in [2.05, 4.69) is 23.9 Å². The second-order valence-corrected chi connectivity index (χ2v) is 7.70. The number of hydrogen-bond acceptors (Lipinski definition) is 4. The van der Waals surface area contributed by atoms with E-state index in [9.17, 15) is 8.42 Å². The van der Waals surface area contributed by atoms with Crippen molar-refractivity contribution in [3.05, 3.63) is 30.0 Å². The third-order valence-corrected chi connectivity index (χ3v) is 4.26. The van der Waals surface area contributed by atoms with Crippen LogP contribution < -0.4 is 0 Å². The lowest BCUT2D eigenvalue weighted by Gasteiger charge is -2.06. The predicted octanol–water partition coefficient (Wildman–Crippen LogP) is 2.59. The monoisotopic (exact) mass is 330 g/mol. The van der Waals surface area contributed by atoms with Crippen LogP contribution in [0.5, 0.6) is 0 Å². The van der Waals surface area contributed by atoms with Gasteiger partial charge in [-0.25, -0.2) is 13.4 Å². The quantitative estimate of drug-likeness (QED) is 0.763. The lowest BCUT2D eigenvalue weighted by atomic mass is 10.3. The summed E-state index contributed by atoms with van der Waals surface area (Å²) in [4.78, 5) is 4.12. The molecule has 21 heavy (non-hydrogen) atoms. The first-order valence-corrected chi connectivity index (χ1v) is 9.17. The topological polar surface area (TPSA) is 69.8 Å². The molecule has 2 rings (SSSR count). The van der Waals surface area contributed by atoms with E-state index < -0.39 is 9.05 Å². The predicted molar refractivity (Wildman–Crippen MR) is 81.0 cm³/mol. The van der Waals surface area contributed by atoms with Crippen molar-refractivity contribution in [2.45, 2.75) is 51.2 Å². The molecule has 0 N–H and O–H groups in total. The van der Waals surface area contributed by atoms with Gasteiger partial charge >= 0.3 is 0 Å². The highest BCUT2D eigenvalue weighted by atomic mass is 35.7. The minimum absolute atomic E-state index is 0.101. The number of aromatic nitrogens is 4. The molecule has 2 aromatic heterocycles. The molecular weight excluding hydrogens is 312 g/mol. The van der Waals surface area contributed by atoms with Gasteiger partial charge in [-0.05, 0) is 26.3 Å². The number of nitrogens with zero attached hydrogens (tertiary/aromatic N) is 4. The third kappa shape index (κ3) is 3.85. The largest absolute Gasteiger partial charge is 0.327 e. The summed E-state index contributed by atoms with van der Waals surface area (Å²) in [6.07, 6.45) is 4.95. The van der Waals surface area contributed by atoms with Gasteiger partial charge in [0.25, 0.3) is 9.05 Å². The third-order valence-electron chi connectivity index (χ3n) is 3.09. The summed E-state index contributed by atoms with van der Waals surface area (Å²) in [5.74, 6) is 0.704. The van der Waals surface area contributed by atoms with Gasteiger partial charge in [0.15, 0.2) is 5.03 Å². The molecule has 0 amide bonds. The van der Waals surface area contributed by atoms with E-state index in [0.29, 0.717) is 18.8 Å². The van der Waals surface area contributed by atoms with Crippen LogP contribution in [0.3, 0.4) is 0 Å². The van der Waals surface area contributed by atoms with Crippen molar-refractivity contribution in [3.63, 3.8) is 0 Å². The minimum Gasteiger partial charge on any atom is -0.327 e. The fourth-order valence-corrected chi connectivity index (χ4v) is 2.72. The molecule has 0 unspecified atom stereocenters. The molecule has 0 aromatic carbocycles. The molecule has 0 aliphatic heterocycles. The number of rotatable bonds is 6.